The molecule has 54 valence electrons. The van der Waals surface area contributed by atoms with Crippen molar-refractivity contribution in [1.82, 2.24) is 4.98 Å². The molecule has 0 spiro atoms. The van der Waals surface area contributed by atoms with Crippen LogP contribution in [0.1, 0.15) is 17.0 Å². The molecule has 0 saturated carbocycles. The van der Waals surface area contributed by atoms with Crippen molar-refractivity contribution in [1.29, 1.82) is 15.8 Å². The first-order chi connectivity index (χ1) is 5.80. The molecule has 4 nitrogen and oxygen atoms in total. The van der Waals surface area contributed by atoms with Crippen LogP contribution in [-0.4, -0.2) is 4.98 Å². The molecule has 0 amide bonds. The summed E-state index contributed by atoms with van der Waals surface area (Å²) in [6.45, 7) is 0. The Bertz CT molecular complexity index is 349. The smallest absolute Gasteiger partial charge is 0.143 e. The second-order valence-corrected chi connectivity index (χ2v) is 1.96. The summed E-state index contributed by atoms with van der Waals surface area (Å²) in [5.74, 6) is 0. The summed E-state index contributed by atoms with van der Waals surface area (Å²) < 4.78 is 0. The molecule has 0 radical (unpaired) electrons. The van der Waals surface area contributed by atoms with Gasteiger partial charge in [-0.3, -0.25) is 0 Å². The zero-order chi connectivity index (χ0) is 8.97. The van der Waals surface area contributed by atoms with Crippen molar-refractivity contribution in [3.63, 3.8) is 0 Å². The summed E-state index contributed by atoms with van der Waals surface area (Å²) in [6, 6.07) is 8.03. The molecule has 1 aromatic heterocycles. The summed E-state index contributed by atoms with van der Waals surface area (Å²) in [5.41, 5.74) is 0.453. The van der Waals surface area contributed by atoms with E-state index in [1.165, 1.54) is 12.1 Å². The van der Waals surface area contributed by atoms with Crippen LogP contribution in [0.5, 0.6) is 0 Å². The Labute approximate surface area is 68.9 Å². The Hall–Kier alpha value is -2.38. The maximum absolute atomic E-state index is 8.48. The number of hydrogen-bond donors (Lipinski definition) is 0. The van der Waals surface area contributed by atoms with E-state index < -0.39 is 0 Å². The molecule has 0 unspecified atom stereocenters. The molecule has 0 aromatic carbocycles. The standard InChI is InChI=1S/C8H2N4/c9-3-6-1-7(4-10)12-8(2-6)5-11/h1-2H. The highest BCUT2D eigenvalue weighted by Crippen LogP contribution is 2.02. The van der Waals surface area contributed by atoms with E-state index in [1.807, 2.05) is 6.07 Å². The molecule has 1 aromatic rings. The molecule has 0 aliphatic heterocycles. The lowest BCUT2D eigenvalue weighted by molar-refractivity contribution is 1.21. The number of hydrogen-bond acceptors (Lipinski definition) is 4. The van der Waals surface area contributed by atoms with Gasteiger partial charge in [-0.2, -0.15) is 15.8 Å². The van der Waals surface area contributed by atoms with Gasteiger partial charge in [-0.1, -0.05) is 0 Å². The third kappa shape index (κ3) is 1.37. The summed E-state index contributed by atoms with van der Waals surface area (Å²) in [5, 5.41) is 25.4. The van der Waals surface area contributed by atoms with Gasteiger partial charge in [-0.25, -0.2) is 4.98 Å². The first-order valence-electron chi connectivity index (χ1n) is 3.02. The van der Waals surface area contributed by atoms with Gasteiger partial charge in [0.05, 0.1) is 11.6 Å². The lowest BCUT2D eigenvalue weighted by atomic mass is 10.2. The number of rotatable bonds is 0. The van der Waals surface area contributed by atoms with E-state index in [0.717, 1.165) is 0 Å². The van der Waals surface area contributed by atoms with Gasteiger partial charge in [0.25, 0.3) is 0 Å². The van der Waals surface area contributed by atoms with Gasteiger partial charge in [0.1, 0.15) is 23.5 Å². The van der Waals surface area contributed by atoms with E-state index in [4.69, 9.17) is 15.8 Å². The number of aromatic nitrogens is 1. The van der Waals surface area contributed by atoms with Gasteiger partial charge in [0, 0.05) is 0 Å². The third-order valence-corrected chi connectivity index (χ3v) is 1.18. The van der Waals surface area contributed by atoms with E-state index in [2.05, 4.69) is 4.98 Å². The van der Waals surface area contributed by atoms with Crippen LogP contribution >= 0.6 is 0 Å². The Kier molecular flexibility index (Phi) is 2.02. The van der Waals surface area contributed by atoms with Crippen LogP contribution < -0.4 is 0 Å². The van der Waals surface area contributed by atoms with Crippen LogP contribution in [0.3, 0.4) is 0 Å². The summed E-state index contributed by atoms with van der Waals surface area (Å²) >= 11 is 0. The molecular formula is C8H2N4. The Morgan fingerprint density at radius 2 is 1.42 bits per heavy atom. The zero-order valence-corrected chi connectivity index (χ0v) is 5.94. The zero-order valence-electron chi connectivity index (χ0n) is 5.94. The molecular weight excluding hydrogens is 152 g/mol. The van der Waals surface area contributed by atoms with Gasteiger partial charge >= 0.3 is 0 Å². The molecule has 1 heterocycles. The second-order valence-electron chi connectivity index (χ2n) is 1.96. The van der Waals surface area contributed by atoms with Crippen LogP contribution in [0.4, 0.5) is 0 Å². The molecule has 0 N–H and O–H groups in total. The maximum atomic E-state index is 8.48. The molecule has 0 aliphatic carbocycles. The minimum Gasteiger partial charge on any atom is -0.226 e. The molecule has 0 aliphatic rings. The maximum Gasteiger partial charge on any atom is 0.143 e. The number of pyridine rings is 1. The van der Waals surface area contributed by atoms with Gasteiger partial charge in [-0.05, 0) is 12.1 Å². The van der Waals surface area contributed by atoms with Crippen LogP contribution in [0.15, 0.2) is 12.1 Å². The van der Waals surface area contributed by atoms with Crippen molar-refractivity contribution in [2.75, 3.05) is 0 Å². The average molecular weight is 154 g/mol. The number of nitriles is 3. The first kappa shape index (κ1) is 7.72. The van der Waals surface area contributed by atoms with Crippen molar-refractivity contribution < 1.29 is 0 Å². The first-order valence-corrected chi connectivity index (χ1v) is 3.02. The Morgan fingerprint density at radius 3 is 1.75 bits per heavy atom. The minimum atomic E-state index is 0.0885. The van der Waals surface area contributed by atoms with Crippen molar-refractivity contribution >= 4 is 0 Å². The predicted octanol–water partition coefficient (Wildman–Crippen LogP) is 0.697. The Balaban J connectivity index is 3.36. The molecule has 0 saturated heterocycles. The Morgan fingerprint density at radius 1 is 0.917 bits per heavy atom. The topological polar surface area (TPSA) is 84.3 Å². The summed E-state index contributed by atoms with van der Waals surface area (Å²) in [7, 11) is 0. The average Bonchev–Trinajstić information content (AvgIpc) is 2.16. The van der Waals surface area contributed by atoms with Crippen LogP contribution in [0.25, 0.3) is 0 Å². The van der Waals surface area contributed by atoms with Crippen LogP contribution in [-0.2, 0) is 0 Å². The monoisotopic (exact) mass is 154 g/mol. The van der Waals surface area contributed by atoms with Crippen molar-refractivity contribution in [3.05, 3.63) is 29.1 Å². The fourth-order valence-corrected chi connectivity index (χ4v) is 0.710. The second kappa shape index (κ2) is 3.14. The summed E-state index contributed by atoms with van der Waals surface area (Å²) in [4.78, 5) is 3.64. The van der Waals surface area contributed by atoms with E-state index in [9.17, 15) is 0 Å². The van der Waals surface area contributed by atoms with E-state index in [1.54, 1.807) is 12.1 Å². The SMILES string of the molecule is N#Cc1cc(C#N)nc(C#N)c1. The quantitative estimate of drug-likeness (QED) is 0.550. The fourth-order valence-electron chi connectivity index (χ4n) is 0.710. The highest BCUT2D eigenvalue weighted by molar-refractivity contribution is 5.39. The molecule has 4 heteroatoms. The highest BCUT2D eigenvalue weighted by Gasteiger charge is 1.99. The van der Waals surface area contributed by atoms with E-state index in [-0.39, 0.29) is 17.0 Å². The van der Waals surface area contributed by atoms with Gasteiger partial charge in [-0.15, -0.1) is 0 Å². The normalized spacial score (nSPS) is 7.75. The minimum absolute atomic E-state index is 0.0885. The highest BCUT2D eigenvalue weighted by atomic mass is 14.7. The van der Waals surface area contributed by atoms with Crippen LogP contribution in [0.2, 0.25) is 0 Å². The summed E-state index contributed by atoms with van der Waals surface area (Å²) in [6.07, 6.45) is 0. The predicted molar refractivity (Wildman–Crippen MR) is 38.4 cm³/mol. The van der Waals surface area contributed by atoms with Crippen molar-refractivity contribution in [2.24, 2.45) is 0 Å². The molecule has 12 heavy (non-hydrogen) atoms. The number of nitrogens with zero attached hydrogens (tertiary/aromatic N) is 4. The molecule has 0 bridgehead atoms. The van der Waals surface area contributed by atoms with Gasteiger partial charge in [0.15, 0.2) is 0 Å². The lowest BCUT2D eigenvalue weighted by Crippen LogP contribution is -1.89. The van der Waals surface area contributed by atoms with Gasteiger partial charge < -0.3 is 0 Å². The van der Waals surface area contributed by atoms with Crippen molar-refractivity contribution in [3.8, 4) is 18.2 Å². The largest absolute Gasteiger partial charge is 0.226 e. The van der Waals surface area contributed by atoms with E-state index in [0.29, 0.717) is 0 Å². The van der Waals surface area contributed by atoms with Gasteiger partial charge in [0.2, 0.25) is 0 Å². The van der Waals surface area contributed by atoms with Crippen molar-refractivity contribution in [2.45, 2.75) is 0 Å². The molecule has 0 fully saturated rings. The van der Waals surface area contributed by atoms with E-state index >= 15 is 0 Å². The van der Waals surface area contributed by atoms with Crippen LogP contribution in [0, 0.1) is 34.0 Å². The fraction of sp³-hybridized carbons (Fsp3) is 0. The third-order valence-electron chi connectivity index (χ3n) is 1.18. The molecule has 1 rings (SSSR count). The lowest BCUT2D eigenvalue weighted by Gasteiger charge is -1.90. The molecule has 0 atom stereocenters.